The van der Waals surface area contributed by atoms with Gasteiger partial charge in [-0.3, -0.25) is 14.3 Å². The Labute approximate surface area is 139 Å². The molecule has 7 nitrogen and oxygen atoms in total. The van der Waals surface area contributed by atoms with Gasteiger partial charge < -0.3 is 10.1 Å². The molecule has 128 valence electrons. The molecule has 1 atom stereocenters. The molecule has 1 aromatic carbocycles. The number of carbonyl (C=O) groups is 1. The number of aromatic nitrogens is 2. The van der Waals surface area contributed by atoms with Crippen LogP contribution in [-0.4, -0.2) is 28.7 Å². The lowest BCUT2D eigenvalue weighted by atomic mass is 10.2. The van der Waals surface area contributed by atoms with Crippen molar-refractivity contribution in [3.05, 3.63) is 52.3 Å². The molecule has 2 N–H and O–H groups in total. The van der Waals surface area contributed by atoms with Crippen molar-refractivity contribution >= 4 is 12.0 Å². The molecule has 0 bridgehead atoms. The number of hydrogen-bond donors (Lipinski definition) is 2. The fraction of sp³-hybridized carbons (Fsp3) is 0.353. The van der Waals surface area contributed by atoms with Crippen LogP contribution in [0.25, 0.3) is 6.08 Å². The zero-order valence-corrected chi connectivity index (χ0v) is 13.7. The number of hydrogen-bond acceptors (Lipinski definition) is 5. The number of H-pyrrole nitrogens is 1. The van der Waals surface area contributed by atoms with Crippen LogP contribution >= 0.6 is 0 Å². The normalized spacial score (nSPS) is 12.2. The fourth-order valence-corrected chi connectivity index (χ4v) is 1.92. The Bertz CT molecular complexity index is 748. The molecule has 0 saturated heterocycles. The summed E-state index contributed by atoms with van der Waals surface area (Å²) in [4.78, 5) is 25.0. The van der Waals surface area contributed by atoms with Gasteiger partial charge in [-0.1, -0.05) is 30.3 Å². The zero-order valence-electron chi connectivity index (χ0n) is 13.7. The molecule has 1 unspecified atom stereocenters. The predicted molar refractivity (Wildman–Crippen MR) is 89.7 cm³/mol. The molecule has 0 aliphatic carbocycles. The van der Waals surface area contributed by atoms with E-state index in [-0.39, 0.29) is 12.0 Å². The lowest BCUT2D eigenvalue weighted by molar-refractivity contribution is -0.116. The van der Waals surface area contributed by atoms with E-state index >= 15 is 0 Å². The van der Waals surface area contributed by atoms with Crippen LogP contribution in [0.3, 0.4) is 0 Å². The van der Waals surface area contributed by atoms with E-state index in [1.807, 2.05) is 31.2 Å². The summed E-state index contributed by atoms with van der Waals surface area (Å²) in [5.41, 5.74) is 0.841. The van der Waals surface area contributed by atoms with Crippen molar-refractivity contribution in [1.29, 1.82) is 0 Å². The highest BCUT2D eigenvalue weighted by molar-refractivity contribution is 5.92. The summed E-state index contributed by atoms with van der Waals surface area (Å²) in [5.74, 6) is 0.306. The number of benzene rings is 1. The molecule has 0 spiro atoms. The molecular weight excluding hydrogens is 310 g/mol. The summed E-state index contributed by atoms with van der Waals surface area (Å²) >= 11 is 0. The molecule has 2 rings (SSSR count). The average Bonchev–Trinajstić information content (AvgIpc) is 2.99. The van der Waals surface area contributed by atoms with Gasteiger partial charge in [-0.2, -0.15) is 0 Å². The summed E-state index contributed by atoms with van der Waals surface area (Å²) in [5, 5.41) is 6.24. The zero-order chi connectivity index (χ0) is 17.4. The minimum absolute atomic E-state index is 0.109. The number of amides is 1. The first-order chi connectivity index (χ1) is 11.6. The fourth-order valence-electron chi connectivity index (χ4n) is 1.92. The van der Waals surface area contributed by atoms with Crippen LogP contribution in [0.2, 0.25) is 0 Å². The van der Waals surface area contributed by atoms with Gasteiger partial charge >= 0.3 is 5.76 Å². The second-order valence-corrected chi connectivity index (χ2v) is 5.29. The van der Waals surface area contributed by atoms with Crippen LogP contribution in [0.4, 0.5) is 0 Å². The monoisotopic (exact) mass is 331 g/mol. The van der Waals surface area contributed by atoms with Gasteiger partial charge in [0.15, 0.2) is 5.82 Å². The van der Waals surface area contributed by atoms with Crippen molar-refractivity contribution in [1.82, 2.24) is 15.5 Å². The Morgan fingerprint density at radius 3 is 2.96 bits per heavy atom. The molecule has 7 heteroatoms. The molecule has 1 heterocycles. The van der Waals surface area contributed by atoms with Gasteiger partial charge in [-0.15, -0.1) is 0 Å². The predicted octanol–water partition coefficient (Wildman–Crippen LogP) is 1.91. The van der Waals surface area contributed by atoms with Crippen molar-refractivity contribution in [3.8, 4) is 5.75 Å². The maximum absolute atomic E-state index is 11.8. The number of rotatable bonds is 8. The Balaban J connectivity index is 1.88. The quantitative estimate of drug-likeness (QED) is 0.720. The van der Waals surface area contributed by atoms with Gasteiger partial charge in [-0.05, 0) is 25.5 Å². The number of aromatic amines is 1. The Morgan fingerprint density at radius 2 is 2.25 bits per heavy atom. The number of nitrogens with zero attached hydrogens (tertiary/aromatic N) is 1. The number of para-hydroxylation sites is 1. The third kappa shape index (κ3) is 5.42. The topological polar surface area (TPSA) is 97.2 Å². The number of ether oxygens (including phenoxy) is 1. The lowest BCUT2D eigenvalue weighted by Gasteiger charge is -2.14. The van der Waals surface area contributed by atoms with Crippen molar-refractivity contribution in [2.45, 2.75) is 32.8 Å². The SMILES string of the molecule is CCC(C)Oc1ccccc1C=CC(=O)NCCc1noc(=O)[nH]1. The van der Waals surface area contributed by atoms with E-state index in [2.05, 4.69) is 26.9 Å². The van der Waals surface area contributed by atoms with Gasteiger partial charge in [0.2, 0.25) is 5.91 Å². The highest BCUT2D eigenvalue weighted by Gasteiger charge is 2.05. The van der Waals surface area contributed by atoms with Crippen LogP contribution in [0, 0.1) is 0 Å². The third-order valence-corrected chi connectivity index (χ3v) is 3.38. The largest absolute Gasteiger partial charge is 0.490 e. The molecule has 0 aliphatic rings. The first kappa shape index (κ1) is 17.5. The molecule has 24 heavy (non-hydrogen) atoms. The van der Waals surface area contributed by atoms with Crippen molar-refractivity contribution < 1.29 is 14.1 Å². The maximum Gasteiger partial charge on any atom is 0.438 e. The van der Waals surface area contributed by atoms with E-state index in [4.69, 9.17) is 4.74 Å². The molecule has 0 fully saturated rings. The minimum atomic E-state index is -0.603. The molecule has 0 radical (unpaired) electrons. The molecular formula is C17H21N3O4. The molecule has 1 amide bonds. The lowest BCUT2D eigenvalue weighted by Crippen LogP contribution is -2.24. The second kappa shape index (κ2) is 8.71. The van der Waals surface area contributed by atoms with Gasteiger partial charge in [0, 0.05) is 24.6 Å². The Hall–Kier alpha value is -2.83. The Morgan fingerprint density at radius 1 is 1.46 bits per heavy atom. The van der Waals surface area contributed by atoms with Gasteiger partial charge in [0.25, 0.3) is 0 Å². The summed E-state index contributed by atoms with van der Waals surface area (Å²) < 4.78 is 10.2. The van der Waals surface area contributed by atoms with E-state index in [1.165, 1.54) is 6.08 Å². The highest BCUT2D eigenvalue weighted by atomic mass is 16.5. The second-order valence-electron chi connectivity index (χ2n) is 5.29. The molecule has 0 saturated carbocycles. The van der Waals surface area contributed by atoms with E-state index in [1.54, 1.807) is 6.08 Å². The number of nitrogens with one attached hydrogen (secondary N) is 2. The van der Waals surface area contributed by atoms with Crippen LogP contribution in [0.15, 0.2) is 39.7 Å². The van der Waals surface area contributed by atoms with Gasteiger partial charge in [-0.25, -0.2) is 4.79 Å². The number of carbonyl (C=O) groups excluding carboxylic acids is 1. The minimum Gasteiger partial charge on any atom is -0.490 e. The average molecular weight is 331 g/mol. The van der Waals surface area contributed by atoms with Crippen molar-refractivity contribution in [2.75, 3.05) is 6.54 Å². The third-order valence-electron chi connectivity index (χ3n) is 3.38. The molecule has 1 aromatic heterocycles. The Kier molecular flexibility index (Phi) is 6.36. The smallest absolute Gasteiger partial charge is 0.438 e. The van der Waals surface area contributed by atoms with Gasteiger partial charge in [0.1, 0.15) is 5.75 Å². The van der Waals surface area contributed by atoms with E-state index in [9.17, 15) is 9.59 Å². The van der Waals surface area contributed by atoms with E-state index in [0.717, 1.165) is 17.7 Å². The van der Waals surface area contributed by atoms with Crippen LogP contribution < -0.4 is 15.8 Å². The van der Waals surface area contributed by atoms with Crippen LogP contribution in [0.1, 0.15) is 31.7 Å². The highest BCUT2D eigenvalue weighted by Crippen LogP contribution is 2.21. The van der Waals surface area contributed by atoms with Crippen LogP contribution in [0.5, 0.6) is 5.75 Å². The maximum atomic E-state index is 11.8. The van der Waals surface area contributed by atoms with Crippen molar-refractivity contribution in [3.63, 3.8) is 0 Å². The van der Waals surface area contributed by atoms with Crippen LogP contribution in [-0.2, 0) is 11.2 Å². The summed E-state index contributed by atoms with van der Waals surface area (Å²) in [6, 6.07) is 7.56. The summed E-state index contributed by atoms with van der Waals surface area (Å²) in [7, 11) is 0. The summed E-state index contributed by atoms with van der Waals surface area (Å²) in [6.45, 7) is 4.40. The van der Waals surface area contributed by atoms with E-state index < -0.39 is 5.76 Å². The van der Waals surface area contributed by atoms with Gasteiger partial charge in [0.05, 0.1) is 6.10 Å². The summed E-state index contributed by atoms with van der Waals surface area (Å²) in [6.07, 6.45) is 4.56. The molecule has 2 aromatic rings. The van der Waals surface area contributed by atoms with Crippen molar-refractivity contribution in [2.24, 2.45) is 0 Å². The first-order valence-electron chi connectivity index (χ1n) is 7.85. The molecule has 0 aliphatic heterocycles. The standard InChI is InChI=1S/C17H21N3O4/c1-3-12(2)23-14-7-5-4-6-13(14)8-9-16(21)18-11-10-15-19-17(22)24-20-15/h4-9,12H,3,10-11H2,1-2H3,(H,18,21)(H,19,20,22). The first-order valence-corrected chi connectivity index (χ1v) is 7.85. The van der Waals surface area contributed by atoms with E-state index in [0.29, 0.717) is 18.8 Å².